The largest absolute Gasteiger partial charge is 0.497 e. The number of carboxylic acid groups (broad SMARTS) is 1. The fraction of sp³-hybridized carbons (Fsp3) is 0.379. The van der Waals surface area contributed by atoms with Crippen molar-refractivity contribution in [1.82, 2.24) is 9.88 Å². The Morgan fingerprint density at radius 2 is 1.97 bits per heavy atom. The molecule has 4 rings (SSSR count). The number of halogens is 4. The van der Waals surface area contributed by atoms with Crippen LogP contribution in [0.3, 0.4) is 0 Å². The third-order valence-corrected chi connectivity index (χ3v) is 7.08. The number of carbonyl (C=O) groups is 1. The van der Waals surface area contributed by atoms with Gasteiger partial charge in [-0.15, -0.1) is 0 Å². The molecule has 38 heavy (non-hydrogen) atoms. The normalized spacial score (nSPS) is 18.6. The minimum absolute atomic E-state index is 0.00527. The van der Waals surface area contributed by atoms with Crippen molar-refractivity contribution in [2.75, 3.05) is 26.7 Å². The number of likely N-dealkylation sites (tertiary alicyclic amines) is 1. The quantitative estimate of drug-likeness (QED) is 0.224. The van der Waals surface area contributed by atoms with Crippen molar-refractivity contribution >= 4 is 16.9 Å². The molecular weight excluding hydrogens is 500 g/mol. The summed E-state index contributed by atoms with van der Waals surface area (Å²) in [7, 11) is 1.54. The van der Waals surface area contributed by atoms with Gasteiger partial charge in [-0.3, -0.25) is 14.7 Å². The van der Waals surface area contributed by atoms with Crippen LogP contribution in [0.25, 0.3) is 10.9 Å². The van der Waals surface area contributed by atoms with E-state index < -0.39 is 35.2 Å². The van der Waals surface area contributed by atoms with Gasteiger partial charge < -0.3 is 9.84 Å². The average molecular weight is 529 g/mol. The average Bonchev–Trinajstić information content (AvgIpc) is 2.91. The fourth-order valence-corrected chi connectivity index (χ4v) is 5.08. The molecule has 1 saturated heterocycles. The van der Waals surface area contributed by atoms with E-state index in [-0.39, 0.29) is 31.2 Å². The van der Waals surface area contributed by atoms with E-state index in [1.54, 1.807) is 37.6 Å². The van der Waals surface area contributed by atoms with Gasteiger partial charge in [0.2, 0.25) is 0 Å². The first-order chi connectivity index (χ1) is 18.3. The lowest BCUT2D eigenvalue weighted by atomic mass is 9.79. The number of aromatic nitrogens is 1. The van der Waals surface area contributed by atoms with Gasteiger partial charge in [-0.25, -0.2) is 17.6 Å². The number of fused-ring (bicyclic) bond motifs is 1. The lowest BCUT2D eigenvalue weighted by molar-refractivity contribution is -0.139. The van der Waals surface area contributed by atoms with Crippen LogP contribution in [-0.4, -0.2) is 47.7 Å². The molecule has 200 valence electrons. The van der Waals surface area contributed by atoms with E-state index in [0.29, 0.717) is 54.2 Å². The van der Waals surface area contributed by atoms with Crippen LogP contribution in [0.2, 0.25) is 0 Å². The number of alkyl halides is 1. The van der Waals surface area contributed by atoms with E-state index in [9.17, 15) is 23.1 Å². The maximum absolute atomic E-state index is 15.4. The SMILES string of the molecule is COc1ccc2nccc(C(F)CC[C@@H]3CCN(CC#Cc4c(F)ccc(F)c4F)C[C@@H]3CC(=O)O)c2c1. The van der Waals surface area contributed by atoms with Crippen LogP contribution >= 0.6 is 0 Å². The molecule has 0 spiro atoms. The summed E-state index contributed by atoms with van der Waals surface area (Å²) in [6.07, 6.45) is 1.62. The van der Waals surface area contributed by atoms with E-state index in [1.807, 2.05) is 4.90 Å². The summed E-state index contributed by atoms with van der Waals surface area (Å²) in [6, 6.07) is 8.49. The van der Waals surface area contributed by atoms with Crippen molar-refractivity contribution in [3.05, 3.63) is 71.2 Å². The van der Waals surface area contributed by atoms with E-state index in [2.05, 4.69) is 16.8 Å². The van der Waals surface area contributed by atoms with Gasteiger partial charge in [-0.2, -0.15) is 0 Å². The van der Waals surface area contributed by atoms with Crippen molar-refractivity contribution in [1.29, 1.82) is 0 Å². The zero-order valence-electron chi connectivity index (χ0n) is 20.9. The molecule has 9 heteroatoms. The van der Waals surface area contributed by atoms with Crippen LogP contribution in [0.1, 0.15) is 43.0 Å². The molecule has 0 amide bonds. The lowest BCUT2D eigenvalue weighted by Gasteiger charge is -2.37. The predicted octanol–water partition coefficient (Wildman–Crippen LogP) is 5.92. The second-order valence-corrected chi connectivity index (χ2v) is 9.49. The number of hydrogen-bond acceptors (Lipinski definition) is 4. The number of pyridine rings is 1. The number of rotatable bonds is 8. The van der Waals surface area contributed by atoms with Crippen LogP contribution in [0, 0.1) is 41.1 Å². The molecule has 3 aromatic rings. The third-order valence-electron chi connectivity index (χ3n) is 7.08. The summed E-state index contributed by atoms with van der Waals surface area (Å²) in [4.78, 5) is 17.7. The third kappa shape index (κ3) is 6.43. The Bertz CT molecular complexity index is 1370. The van der Waals surface area contributed by atoms with Crippen molar-refractivity contribution < 1.29 is 32.2 Å². The Labute approximate surface area is 218 Å². The number of nitrogens with zero attached hydrogens (tertiary/aromatic N) is 2. The molecule has 0 saturated carbocycles. The molecule has 1 aliphatic heterocycles. The number of methoxy groups -OCH3 is 1. The Kier molecular flexibility index (Phi) is 8.85. The summed E-state index contributed by atoms with van der Waals surface area (Å²) in [5, 5.41) is 10.1. The first kappa shape index (κ1) is 27.4. The monoisotopic (exact) mass is 528 g/mol. The zero-order chi connectivity index (χ0) is 27.2. The number of hydrogen-bond donors (Lipinski definition) is 1. The van der Waals surface area contributed by atoms with Crippen LogP contribution in [0.5, 0.6) is 5.75 Å². The first-order valence-corrected chi connectivity index (χ1v) is 12.4. The number of ether oxygens (including phenoxy) is 1. The van der Waals surface area contributed by atoms with Gasteiger partial charge in [0, 0.05) is 24.5 Å². The summed E-state index contributed by atoms with van der Waals surface area (Å²) >= 11 is 0. The molecule has 2 aromatic carbocycles. The zero-order valence-corrected chi connectivity index (χ0v) is 20.9. The molecule has 3 atom stereocenters. The van der Waals surface area contributed by atoms with Crippen LogP contribution in [0.4, 0.5) is 17.6 Å². The van der Waals surface area contributed by atoms with Crippen LogP contribution in [-0.2, 0) is 4.79 Å². The number of benzene rings is 2. The van der Waals surface area contributed by atoms with E-state index in [1.165, 1.54) is 0 Å². The van der Waals surface area contributed by atoms with Crippen LogP contribution in [0.15, 0.2) is 42.6 Å². The van der Waals surface area contributed by atoms with Crippen molar-refractivity contribution in [3.8, 4) is 17.6 Å². The molecule has 1 N–H and O–H groups in total. The van der Waals surface area contributed by atoms with E-state index >= 15 is 4.39 Å². The molecule has 2 heterocycles. The minimum atomic E-state index is -1.33. The van der Waals surface area contributed by atoms with Gasteiger partial charge in [0.25, 0.3) is 0 Å². The van der Waals surface area contributed by atoms with Crippen molar-refractivity contribution in [2.45, 2.75) is 31.9 Å². The predicted molar refractivity (Wildman–Crippen MR) is 135 cm³/mol. The van der Waals surface area contributed by atoms with Gasteiger partial charge >= 0.3 is 5.97 Å². The number of carboxylic acids is 1. The fourth-order valence-electron chi connectivity index (χ4n) is 5.08. The second-order valence-electron chi connectivity index (χ2n) is 9.49. The maximum Gasteiger partial charge on any atom is 0.303 e. The first-order valence-electron chi connectivity index (χ1n) is 12.4. The second kappa shape index (κ2) is 12.3. The van der Waals surface area contributed by atoms with Gasteiger partial charge in [0.15, 0.2) is 11.6 Å². The van der Waals surface area contributed by atoms with Crippen molar-refractivity contribution in [3.63, 3.8) is 0 Å². The Morgan fingerprint density at radius 3 is 2.74 bits per heavy atom. The van der Waals surface area contributed by atoms with Gasteiger partial charge in [0.05, 0.1) is 24.7 Å². The summed E-state index contributed by atoms with van der Waals surface area (Å²) in [6.45, 7) is 1.14. The van der Waals surface area contributed by atoms with Crippen molar-refractivity contribution in [2.24, 2.45) is 11.8 Å². The molecule has 0 bridgehead atoms. The Morgan fingerprint density at radius 1 is 1.18 bits per heavy atom. The highest BCUT2D eigenvalue weighted by Crippen LogP contribution is 2.36. The molecule has 1 unspecified atom stereocenters. The minimum Gasteiger partial charge on any atom is -0.497 e. The van der Waals surface area contributed by atoms with Gasteiger partial charge in [0.1, 0.15) is 17.7 Å². The van der Waals surface area contributed by atoms with E-state index in [4.69, 9.17) is 4.74 Å². The van der Waals surface area contributed by atoms with Gasteiger partial charge in [-0.05, 0) is 79.6 Å². The van der Waals surface area contributed by atoms with Crippen LogP contribution < -0.4 is 4.74 Å². The van der Waals surface area contributed by atoms with E-state index in [0.717, 1.165) is 6.07 Å². The smallest absolute Gasteiger partial charge is 0.303 e. The number of aliphatic carboxylic acids is 1. The molecule has 0 aliphatic carbocycles. The molecule has 1 fully saturated rings. The summed E-state index contributed by atoms with van der Waals surface area (Å²) in [5.41, 5.74) is 0.563. The molecule has 1 aromatic heterocycles. The molecule has 1 aliphatic rings. The maximum atomic E-state index is 15.4. The number of piperidine rings is 1. The highest BCUT2D eigenvalue weighted by molar-refractivity contribution is 5.83. The lowest BCUT2D eigenvalue weighted by Crippen LogP contribution is -2.41. The topological polar surface area (TPSA) is 62.7 Å². The Balaban J connectivity index is 1.41. The summed E-state index contributed by atoms with van der Waals surface area (Å²) in [5.74, 6) is 1.01. The molecule has 5 nitrogen and oxygen atoms in total. The summed E-state index contributed by atoms with van der Waals surface area (Å²) < 4.78 is 61.8. The molecular formula is C29H28F4N2O3. The highest BCUT2D eigenvalue weighted by atomic mass is 19.2. The van der Waals surface area contributed by atoms with Gasteiger partial charge in [-0.1, -0.05) is 11.8 Å². The standard InChI is InChI=1S/C29H28F4N2O3/c1-38-20-5-9-27-23(16-20)21(10-12-34-27)24(30)6-4-18-11-14-35(17-19(18)15-28(36)37)13-2-3-22-25(31)7-8-26(32)29(22)33/h5,7-10,12,16,18-19,24H,4,6,11,13-15,17H2,1H3,(H,36,37)/t18-,19+,24?/m1/s1. The Hall–Kier alpha value is -3.64. The molecule has 0 radical (unpaired) electrons. The highest BCUT2D eigenvalue weighted by Gasteiger charge is 2.31.